The second kappa shape index (κ2) is 16.0. The molecule has 1 atom stereocenters. The predicted molar refractivity (Wildman–Crippen MR) is 132 cm³/mol. The van der Waals surface area contributed by atoms with Gasteiger partial charge in [-0.25, -0.2) is 4.98 Å². The second-order valence-electron chi connectivity index (χ2n) is 6.83. The Bertz CT molecular complexity index is 669. The molecule has 0 aliphatic rings. The van der Waals surface area contributed by atoms with Crippen molar-refractivity contribution in [2.45, 2.75) is 26.4 Å². The molecule has 0 spiro atoms. The molecule has 0 amide bonds. The zero-order chi connectivity index (χ0) is 19.9. The van der Waals surface area contributed by atoms with E-state index in [2.05, 4.69) is 45.0 Å². The SMILES string of the molecule is CN=C(NCCCCNc1ccccn1)NCC(C)COCc1ccccc1.I. The minimum atomic E-state index is 0. The molecule has 0 aliphatic carbocycles. The maximum absolute atomic E-state index is 5.80. The van der Waals surface area contributed by atoms with Crippen LogP contribution in [0, 0.1) is 5.92 Å². The van der Waals surface area contributed by atoms with Crippen LogP contribution in [-0.4, -0.2) is 44.2 Å². The van der Waals surface area contributed by atoms with Crippen LogP contribution in [0.25, 0.3) is 0 Å². The molecule has 0 saturated carbocycles. The first-order valence-corrected chi connectivity index (χ1v) is 9.99. The quantitative estimate of drug-likeness (QED) is 0.175. The van der Waals surface area contributed by atoms with Crippen molar-refractivity contribution in [1.29, 1.82) is 0 Å². The maximum Gasteiger partial charge on any atom is 0.190 e. The lowest BCUT2D eigenvalue weighted by Gasteiger charge is -2.16. The summed E-state index contributed by atoms with van der Waals surface area (Å²) in [6.07, 6.45) is 3.94. The number of aliphatic imine (C=N–C) groups is 1. The van der Waals surface area contributed by atoms with Gasteiger partial charge in [0.05, 0.1) is 13.2 Å². The van der Waals surface area contributed by atoms with Crippen molar-refractivity contribution in [2.24, 2.45) is 10.9 Å². The molecule has 0 saturated heterocycles. The average Bonchev–Trinajstić information content (AvgIpc) is 2.74. The number of hydrogen-bond acceptors (Lipinski definition) is 4. The van der Waals surface area contributed by atoms with E-state index in [0.29, 0.717) is 12.5 Å². The molecule has 2 aromatic rings. The van der Waals surface area contributed by atoms with Crippen molar-refractivity contribution in [2.75, 3.05) is 38.6 Å². The summed E-state index contributed by atoms with van der Waals surface area (Å²) in [4.78, 5) is 8.53. The average molecular weight is 511 g/mol. The molecule has 7 heteroatoms. The number of nitrogens with zero attached hydrogens (tertiary/aromatic N) is 2. The zero-order valence-electron chi connectivity index (χ0n) is 17.4. The Morgan fingerprint density at radius 1 is 1.03 bits per heavy atom. The van der Waals surface area contributed by atoms with Gasteiger partial charge in [-0.2, -0.15) is 0 Å². The fourth-order valence-electron chi connectivity index (χ4n) is 2.64. The molecule has 1 aromatic heterocycles. The van der Waals surface area contributed by atoms with Crippen LogP contribution in [0.4, 0.5) is 5.82 Å². The van der Waals surface area contributed by atoms with Crippen molar-refractivity contribution >= 4 is 35.8 Å². The molecule has 2 rings (SSSR count). The molecule has 1 aromatic carbocycles. The first-order valence-electron chi connectivity index (χ1n) is 9.99. The highest BCUT2D eigenvalue weighted by Crippen LogP contribution is 2.03. The van der Waals surface area contributed by atoms with Crippen LogP contribution in [0.2, 0.25) is 0 Å². The van der Waals surface area contributed by atoms with Gasteiger partial charge in [0, 0.05) is 32.9 Å². The van der Waals surface area contributed by atoms with Gasteiger partial charge < -0.3 is 20.7 Å². The monoisotopic (exact) mass is 511 g/mol. The number of benzene rings is 1. The summed E-state index contributed by atoms with van der Waals surface area (Å²) in [5, 5.41) is 10.0. The fourth-order valence-corrected chi connectivity index (χ4v) is 2.64. The molecule has 0 bridgehead atoms. The molecule has 1 heterocycles. The third kappa shape index (κ3) is 11.7. The third-order valence-corrected chi connectivity index (χ3v) is 4.22. The Labute approximate surface area is 192 Å². The number of rotatable bonds is 12. The van der Waals surface area contributed by atoms with E-state index < -0.39 is 0 Å². The Kier molecular flexibility index (Phi) is 13.9. The van der Waals surface area contributed by atoms with Gasteiger partial charge in [0.15, 0.2) is 5.96 Å². The summed E-state index contributed by atoms with van der Waals surface area (Å²) in [6, 6.07) is 16.1. The highest BCUT2D eigenvalue weighted by atomic mass is 127. The Balaban J connectivity index is 0.00000420. The number of anilines is 1. The standard InChI is InChI=1S/C22H33N5O.HI/c1-19(17-28-18-20-10-4-3-5-11-20)16-27-22(23-2)26-15-9-8-14-25-21-12-6-7-13-24-21;/h3-7,10-13,19H,8-9,14-18H2,1-2H3,(H,24,25)(H2,23,26,27);1H. The molecule has 1 unspecified atom stereocenters. The van der Waals surface area contributed by atoms with E-state index in [4.69, 9.17) is 4.74 Å². The van der Waals surface area contributed by atoms with Gasteiger partial charge >= 0.3 is 0 Å². The fraction of sp³-hybridized carbons (Fsp3) is 0.455. The number of ether oxygens (including phenoxy) is 1. The van der Waals surface area contributed by atoms with Crippen molar-refractivity contribution in [1.82, 2.24) is 15.6 Å². The first kappa shape index (κ1) is 25.2. The van der Waals surface area contributed by atoms with Gasteiger partial charge in [0.25, 0.3) is 0 Å². The number of pyridine rings is 1. The van der Waals surface area contributed by atoms with Crippen LogP contribution in [0.15, 0.2) is 59.7 Å². The number of guanidine groups is 1. The van der Waals surface area contributed by atoms with E-state index in [-0.39, 0.29) is 24.0 Å². The molecular formula is C22H34IN5O. The molecule has 160 valence electrons. The Morgan fingerprint density at radius 3 is 2.52 bits per heavy atom. The van der Waals surface area contributed by atoms with E-state index in [9.17, 15) is 0 Å². The summed E-state index contributed by atoms with van der Waals surface area (Å²) >= 11 is 0. The lowest BCUT2D eigenvalue weighted by atomic mass is 10.2. The smallest absolute Gasteiger partial charge is 0.190 e. The molecule has 0 aliphatic heterocycles. The van der Waals surface area contributed by atoms with Crippen LogP contribution in [0.1, 0.15) is 25.3 Å². The third-order valence-electron chi connectivity index (χ3n) is 4.22. The number of aromatic nitrogens is 1. The largest absolute Gasteiger partial charge is 0.376 e. The van der Waals surface area contributed by atoms with Gasteiger partial charge in [0.2, 0.25) is 0 Å². The molecule has 29 heavy (non-hydrogen) atoms. The van der Waals surface area contributed by atoms with E-state index in [0.717, 1.165) is 50.9 Å². The summed E-state index contributed by atoms with van der Waals surface area (Å²) < 4.78 is 5.80. The van der Waals surface area contributed by atoms with Crippen LogP contribution < -0.4 is 16.0 Å². The van der Waals surface area contributed by atoms with E-state index in [1.165, 1.54) is 5.56 Å². The highest BCUT2D eigenvalue weighted by molar-refractivity contribution is 14.0. The summed E-state index contributed by atoms with van der Waals surface area (Å²) in [5.74, 6) is 2.17. The minimum absolute atomic E-state index is 0. The van der Waals surface area contributed by atoms with E-state index in [1.807, 2.05) is 36.4 Å². The number of nitrogens with one attached hydrogen (secondary N) is 3. The number of hydrogen-bond donors (Lipinski definition) is 3. The zero-order valence-corrected chi connectivity index (χ0v) is 19.8. The van der Waals surface area contributed by atoms with Crippen LogP contribution in [0.3, 0.4) is 0 Å². The topological polar surface area (TPSA) is 70.6 Å². The normalized spacial score (nSPS) is 12.0. The van der Waals surface area contributed by atoms with Crippen molar-refractivity contribution in [3.05, 3.63) is 60.3 Å². The molecule has 3 N–H and O–H groups in total. The lowest BCUT2D eigenvalue weighted by molar-refractivity contribution is 0.0931. The molecular weight excluding hydrogens is 477 g/mol. The van der Waals surface area contributed by atoms with Gasteiger partial charge in [-0.15, -0.1) is 24.0 Å². The summed E-state index contributed by atoms with van der Waals surface area (Å²) in [6.45, 7) is 6.19. The number of unbranched alkanes of at least 4 members (excludes halogenated alkanes) is 1. The molecule has 0 radical (unpaired) electrons. The first-order chi connectivity index (χ1) is 13.8. The minimum Gasteiger partial charge on any atom is -0.376 e. The molecule has 6 nitrogen and oxygen atoms in total. The Hall–Kier alpha value is -1.87. The van der Waals surface area contributed by atoms with E-state index >= 15 is 0 Å². The maximum atomic E-state index is 5.80. The van der Waals surface area contributed by atoms with Crippen LogP contribution >= 0.6 is 24.0 Å². The Morgan fingerprint density at radius 2 is 1.79 bits per heavy atom. The van der Waals surface area contributed by atoms with E-state index in [1.54, 1.807) is 13.2 Å². The van der Waals surface area contributed by atoms with Gasteiger partial charge in [-0.3, -0.25) is 4.99 Å². The van der Waals surface area contributed by atoms with Crippen molar-refractivity contribution in [3.63, 3.8) is 0 Å². The lowest BCUT2D eigenvalue weighted by Crippen LogP contribution is -2.40. The summed E-state index contributed by atoms with van der Waals surface area (Å²) in [5.41, 5.74) is 1.21. The molecule has 0 fully saturated rings. The van der Waals surface area contributed by atoms with Crippen LogP contribution in [-0.2, 0) is 11.3 Å². The van der Waals surface area contributed by atoms with Gasteiger partial charge in [-0.1, -0.05) is 43.3 Å². The van der Waals surface area contributed by atoms with Gasteiger partial charge in [-0.05, 0) is 36.5 Å². The van der Waals surface area contributed by atoms with Crippen molar-refractivity contribution in [3.8, 4) is 0 Å². The highest BCUT2D eigenvalue weighted by Gasteiger charge is 2.04. The van der Waals surface area contributed by atoms with Gasteiger partial charge in [0.1, 0.15) is 5.82 Å². The van der Waals surface area contributed by atoms with Crippen LogP contribution in [0.5, 0.6) is 0 Å². The second-order valence-corrected chi connectivity index (χ2v) is 6.83. The summed E-state index contributed by atoms with van der Waals surface area (Å²) in [7, 11) is 1.80. The number of halogens is 1. The van der Waals surface area contributed by atoms with Crippen molar-refractivity contribution < 1.29 is 4.74 Å². The predicted octanol–water partition coefficient (Wildman–Crippen LogP) is 3.91.